The number of likely N-dealkylation sites (N-methyl/N-ethyl adjacent to an activating group) is 2. The molecule has 0 radical (unpaired) electrons. The highest BCUT2D eigenvalue weighted by Gasteiger charge is 2.67. The largest absolute Gasteiger partial charge is 0.304 e. The number of piperidine rings is 1. The van der Waals surface area contributed by atoms with Gasteiger partial charge in [0.2, 0.25) is 0 Å². The molecule has 3 unspecified atom stereocenters. The van der Waals surface area contributed by atoms with Crippen molar-refractivity contribution in [3.8, 4) is 0 Å². The molecule has 3 aliphatic rings. The molecule has 3 atom stereocenters. The molecule has 3 fully saturated rings. The zero-order valence-electron chi connectivity index (χ0n) is 7.38. The van der Waals surface area contributed by atoms with E-state index in [1.165, 1.54) is 25.9 Å². The first-order chi connectivity index (χ1) is 5.24. The fourth-order valence-electron chi connectivity index (χ4n) is 3.65. The maximum atomic E-state index is 2.59. The molecular formula is C9H16N2. The Balaban J connectivity index is 1.90. The van der Waals surface area contributed by atoms with Crippen LogP contribution in [0.25, 0.3) is 0 Å². The molecule has 2 saturated heterocycles. The Kier molecular flexibility index (Phi) is 0.961. The van der Waals surface area contributed by atoms with Gasteiger partial charge in [-0.15, -0.1) is 0 Å². The smallest absolute Gasteiger partial charge is 0.0306 e. The van der Waals surface area contributed by atoms with Crippen molar-refractivity contribution in [3.63, 3.8) is 0 Å². The third-order valence-corrected chi connectivity index (χ3v) is 4.24. The van der Waals surface area contributed by atoms with E-state index in [2.05, 4.69) is 23.9 Å². The van der Waals surface area contributed by atoms with Crippen LogP contribution in [0.15, 0.2) is 0 Å². The van der Waals surface area contributed by atoms with Crippen LogP contribution in [0.2, 0.25) is 0 Å². The molecule has 2 aliphatic heterocycles. The van der Waals surface area contributed by atoms with Crippen LogP contribution in [0.4, 0.5) is 0 Å². The van der Waals surface area contributed by atoms with Crippen molar-refractivity contribution < 1.29 is 0 Å². The lowest BCUT2D eigenvalue weighted by Gasteiger charge is -2.66. The van der Waals surface area contributed by atoms with Gasteiger partial charge in [0, 0.05) is 30.6 Å². The highest BCUT2D eigenvalue weighted by Crippen LogP contribution is 2.59. The van der Waals surface area contributed by atoms with Crippen molar-refractivity contribution in [2.75, 3.05) is 27.2 Å². The number of likely N-dealkylation sites (tertiary alicyclic amines) is 2. The summed E-state index contributed by atoms with van der Waals surface area (Å²) in [5.41, 5.74) is 0.767. The SMILES string of the molecule is CN1CC2N(C)C3CCC32C1. The molecule has 1 spiro atoms. The molecule has 1 saturated carbocycles. The Hall–Kier alpha value is -0.0800. The van der Waals surface area contributed by atoms with E-state index in [0.29, 0.717) is 0 Å². The van der Waals surface area contributed by atoms with Crippen LogP contribution in [0, 0.1) is 5.41 Å². The Morgan fingerprint density at radius 2 is 2.09 bits per heavy atom. The summed E-state index contributed by atoms with van der Waals surface area (Å²) in [5, 5.41) is 0. The summed E-state index contributed by atoms with van der Waals surface area (Å²) < 4.78 is 0. The number of nitrogens with zero attached hydrogens (tertiary/aromatic N) is 2. The third kappa shape index (κ3) is 0.510. The summed E-state index contributed by atoms with van der Waals surface area (Å²) in [6.07, 6.45) is 2.96. The van der Waals surface area contributed by atoms with E-state index in [1.54, 1.807) is 0 Å². The van der Waals surface area contributed by atoms with E-state index >= 15 is 0 Å². The Bertz CT molecular complexity index is 204. The van der Waals surface area contributed by atoms with Crippen molar-refractivity contribution in [1.29, 1.82) is 0 Å². The van der Waals surface area contributed by atoms with Crippen LogP contribution in [0.5, 0.6) is 0 Å². The fourth-order valence-corrected chi connectivity index (χ4v) is 3.65. The van der Waals surface area contributed by atoms with Gasteiger partial charge in [0.25, 0.3) is 0 Å². The average molecular weight is 152 g/mol. The Labute approximate surface area is 68.2 Å². The summed E-state index contributed by atoms with van der Waals surface area (Å²) >= 11 is 0. The second kappa shape index (κ2) is 1.64. The average Bonchev–Trinajstić information content (AvgIpc) is 2.25. The van der Waals surface area contributed by atoms with E-state index in [9.17, 15) is 0 Å². The molecule has 2 heteroatoms. The van der Waals surface area contributed by atoms with Crippen molar-refractivity contribution in [3.05, 3.63) is 0 Å². The van der Waals surface area contributed by atoms with Gasteiger partial charge in [-0.2, -0.15) is 0 Å². The topological polar surface area (TPSA) is 6.48 Å². The fraction of sp³-hybridized carbons (Fsp3) is 1.00. The van der Waals surface area contributed by atoms with Gasteiger partial charge in [0.05, 0.1) is 0 Å². The molecule has 0 amide bonds. The first-order valence-electron chi connectivity index (χ1n) is 4.64. The van der Waals surface area contributed by atoms with E-state index in [0.717, 1.165) is 17.5 Å². The molecule has 0 bridgehead atoms. The van der Waals surface area contributed by atoms with Gasteiger partial charge in [-0.05, 0) is 26.9 Å². The molecule has 0 aromatic rings. The number of hydrogen-bond acceptors (Lipinski definition) is 2. The van der Waals surface area contributed by atoms with Gasteiger partial charge < -0.3 is 4.90 Å². The van der Waals surface area contributed by atoms with Gasteiger partial charge in [-0.1, -0.05) is 0 Å². The summed E-state index contributed by atoms with van der Waals surface area (Å²) in [6, 6.07) is 1.86. The van der Waals surface area contributed by atoms with E-state index in [4.69, 9.17) is 0 Å². The Morgan fingerprint density at radius 3 is 2.64 bits per heavy atom. The zero-order chi connectivity index (χ0) is 7.64. The van der Waals surface area contributed by atoms with Crippen LogP contribution in [-0.4, -0.2) is 49.1 Å². The normalized spacial score (nSPS) is 56.2. The summed E-state index contributed by atoms with van der Waals surface area (Å²) in [4.78, 5) is 5.09. The lowest BCUT2D eigenvalue weighted by atomic mass is 9.54. The van der Waals surface area contributed by atoms with Gasteiger partial charge >= 0.3 is 0 Å². The Morgan fingerprint density at radius 1 is 1.27 bits per heavy atom. The predicted octanol–water partition coefficient (Wildman–Crippen LogP) is 0.395. The lowest BCUT2D eigenvalue weighted by molar-refractivity contribution is -0.162. The second-order valence-corrected chi connectivity index (χ2v) is 4.67. The van der Waals surface area contributed by atoms with Crippen LogP contribution in [0.1, 0.15) is 12.8 Å². The molecule has 1 aliphatic carbocycles. The van der Waals surface area contributed by atoms with Crippen LogP contribution in [0.3, 0.4) is 0 Å². The first kappa shape index (κ1) is 6.44. The molecule has 3 rings (SSSR count). The molecular weight excluding hydrogens is 136 g/mol. The van der Waals surface area contributed by atoms with E-state index in [1.807, 2.05) is 0 Å². The molecule has 62 valence electrons. The van der Waals surface area contributed by atoms with E-state index < -0.39 is 0 Å². The van der Waals surface area contributed by atoms with Gasteiger partial charge in [0.1, 0.15) is 0 Å². The van der Waals surface area contributed by atoms with Crippen LogP contribution < -0.4 is 0 Å². The predicted molar refractivity (Wildman–Crippen MR) is 44.5 cm³/mol. The lowest BCUT2D eigenvalue weighted by Crippen LogP contribution is -2.75. The quantitative estimate of drug-likeness (QED) is 0.495. The van der Waals surface area contributed by atoms with Crippen molar-refractivity contribution in [2.24, 2.45) is 5.41 Å². The molecule has 2 heterocycles. The molecule has 0 N–H and O–H groups in total. The minimum Gasteiger partial charge on any atom is -0.304 e. The maximum Gasteiger partial charge on any atom is 0.0306 e. The third-order valence-electron chi connectivity index (χ3n) is 4.24. The second-order valence-electron chi connectivity index (χ2n) is 4.67. The summed E-state index contributed by atoms with van der Waals surface area (Å²) in [6.45, 7) is 2.68. The molecule has 2 nitrogen and oxygen atoms in total. The summed E-state index contributed by atoms with van der Waals surface area (Å²) in [7, 11) is 4.56. The van der Waals surface area contributed by atoms with Crippen molar-refractivity contribution >= 4 is 0 Å². The number of rotatable bonds is 0. The maximum absolute atomic E-state index is 2.59. The van der Waals surface area contributed by atoms with Gasteiger partial charge in [-0.3, -0.25) is 4.90 Å². The van der Waals surface area contributed by atoms with E-state index in [-0.39, 0.29) is 0 Å². The van der Waals surface area contributed by atoms with Crippen molar-refractivity contribution in [1.82, 2.24) is 9.80 Å². The van der Waals surface area contributed by atoms with Crippen LogP contribution >= 0.6 is 0 Å². The highest BCUT2D eigenvalue weighted by molar-refractivity contribution is 5.21. The minimum atomic E-state index is 0.767. The molecule has 0 aromatic carbocycles. The minimum absolute atomic E-state index is 0.767. The van der Waals surface area contributed by atoms with Gasteiger partial charge in [0.15, 0.2) is 0 Å². The zero-order valence-corrected chi connectivity index (χ0v) is 7.38. The highest BCUT2D eigenvalue weighted by atomic mass is 15.4. The van der Waals surface area contributed by atoms with Gasteiger partial charge in [-0.25, -0.2) is 0 Å². The van der Waals surface area contributed by atoms with Crippen LogP contribution in [-0.2, 0) is 0 Å². The molecule has 11 heavy (non-hydrogen) atoms. The summed E-state index contributed by atoms with van der Waals surface area (Å²) in [5.74, 6) is 0. The molecule has 0 aromatic heterocycles. The standard InChI is InChI=1S/C9H16N2/c1-10-5-8-9(6-10)4-3-7(9)11(8)2/h7-8H,3-6H2,1-2H3. The first-order valence-corrected chi connectivity index (χ1v) is 4.64. The van der Waals surface area contributed by atoms with Crippen molar-refractivity contribution in [2.45, 2.75) is 24.9 Å². The monoisotopic (exact) mass is 152 g/mol. The number of hydrogen-bond donors (Lipinski definition) is 0.